The molecule has 0 aromatic heterocycles. The summed E-state index contributed by atoms with van der Waals surface area (Å²) in [6.07, 6.45) is 3.81. The van der Waals surface area contributed by atoms with Crippen molar-refractivity contribution in [2.45, 2.75) is 37.9 Å². The first kappa shape index (κ1) is 8.97. The number of hydrogen-bond donors (Lipinski definition) is 0. The maximum absolute atomic E-state index is 12.3. The summed E-state index contributed by atoms with van der Waals surface area (Å²) in [5.41, 5.74) is 0. The summed E-state index contributed by atoms with van der Waals surface area (Å²) >= 11 is 0. The van der Waals surface area contributed by atoms with E-state index in [1.807, 2.05) is 0 Å². The van der Waals surface area contributed by atoms with Crippen molar-refractivity contribution in [3.8, 4) is 0 Å². The van der Waals surface area contributed by atoms with Gasteiger partial charge in [-0.05, 0) is 19.3 Å². The van der Waals surface area contributed by atoms with E-state index in [-0.39, 0.29) is 0 Å². The van der Waals surface area contributed by atoms with E-state index >= 15 is 0 Å². The second kappa shape index (κ2) is 3.09. The first-order chi connectivity index (χ1) is 5.00. The summed E-state index contributed by atoms with van der Waals surface area (Å²) < 4.78 is 33.0. The highest BCUT2D eigenvalue weighted by molar-refractivity contribution is 7.86. The van der Waals surface area contributed by atoms with Crippen LogP contribution in [0.15, 0.2) is 0 Å². The Morgan fingerprint density at radius 2 is 2.09 bits per heavy atom. The van der Waals surface area contributed by atoms with E-state index in [2.05, 4.69) is 0 Å². The zero-order valence-electron chi connectivity index (χ0n) is 6.59. The highest BCUT2D eigenvalue weighted by atomic mass is 32.3. The van der Waals surface area contributed by atoms with E-state index in [4.69, 9.17) is 0 Å². The third-order valence-corrected chi connectivity index (χ3v) is 3.52. The number of rotatable bonds is 3. The molecule has 0 aliphatic heterocycles. The van der Waals surface area contributed by atoms with E-state index in [1.165, 1.54) is 13.3 Å². The molecule has 4 heteroatoms. The van der Waals surface area contributed by atoms with Crippen LogP contribution in [0.25, 0.3) is 0 Å². The maximum atomic E-state index is 12.3. The summed E-state index contributed by atoms with van der Waals surface area (Å²) in [7, 11) is -4.27. The van der Waals surface area contributed by atoms with Crippen LogP contribution in [-0.4, -0.2) is 13.7 Å². The highest BCUT2D eigenvalue weighted by Gasteiger charge is 2.26. The zero-order chi connectivity index (χ0) is 8.48. The topological polar surface area (TPSA) is 34.1 Å². The average Bonchev–Trinajstić information content (AvgIpc) is 1.75. The van der Waals surface area contributed by atoms with Gasteiger partial charge in [-0.25, -0.2) is 0 Å². The molecule has 1 aliphatic rings. The lowest BCUT2D eigenvalue weighted by atomic mass is 9.82. The van der Waals surface area contributed by atoms with Gasteiger partial charge in [-0.15, -0.1) is 3.89 Å². The van der Waals surface area contributed by atoms with Crippen molar-refractivity contribution in [3.63, 3.8) is 0 Å². The molecule has 0 spiro atoms. The molecule has 0 saturated heterocycles. The van der Waals surface area contributed by atoms with Gasteiger partial charge in [0.25, 0.3) is 0 Å². The van der Waals surface area contributed by atoms with E-state index in [9.17, 15) is 12.3 Å². The van der Waals surface area contributed by atoms with Gasteiger partial charge in [0.05, 0.1) is 5.25 Å². The van der Waals surface area contributed by atoms with Crippen molar-refractivity contribution in [2.75, 3.05) is 0 Å². The normalized spacial score (nSPS) is 22.7. The molecule has 1 fully saturated rings. The molecule has 11 heavy (non-hydrogen) atoms. The van der Waals surface area contributed by atoms with Crippen molar-refractivity contribution < 1.29 is 12.3 Å². The third kappa shape index (κ3) is 2.43. The average molecular weight is 180 g/mol. The van der Waals surface area contributed by atoms with Gasteiger partial charge < -0.3 is 0 Å². The van der Waals surface area contributed by atoms with Crippen molar-refractivity contribution >= 4 is 10.2 Å². The van der Waals surface area contributed by atoms with E-state index in [0.717, 1.165) is 12.8 Å². The molecule has 1 aliphatic carbocycles. The smallest absolute Gasteiger partial charge is 0.195 e. The van der Waals surface area contributed by atoms with Crippen LogP contribution in [0.1, 0.15) is 32.6 Å². The molecule has 66 valence electrons. The molecule has 0 bridgehead atoms. The second-order valence-electron chi connectivity index (χ2n) is 3.32. The molecule has 0 heterocycles. The molecule has 0 aromatic carbocycles. The molecule has 0 aromatic rings. The maximum Gasteiger partial charge on any atom is 0.305 e. The molecule has 1 unspecified atom stereocenters. The van der Waals surface area contributed by atoms with Crippen LogP contribution in [0.4, 0.5) is 3.89 Å². The van der Waals surface area contributed by atoms with Gasteiger partial charge in [-0.2, -0.15) is 8.42 Å². The second-order valence-corrected chi connectivity index (χ2v) is 5.07. The van der Waals surface area contributed by atoms with Crippen molar-refractivity contribution in [2.24, 2.45) is 5.92 Å². The summed E-state index contributed by atoms with van der Waals surface area (Å²) in [6, 6.07) is 0. The fourth-order valence-electron chi connectivity index (χ4n) is 1.31. The number of hydrogen-bond acceptors (Lipinski definition) is 2. The van der Waals surface area contributed by atoms with Crippen LogP contribution in [0.5, 0.6) is 0 Å². The fraction of sp³-hybridized carbons (Fsp3) is 1.00. The van der Waals surface area contributed by atoms with E-state index in [0.29, 0.717) is 12.3 Å². The third-order valence-electron chi connectivity index (χ3n) is 2.37. The summed E-state index contributed by atoms with van der Waals surface area (Å²) in [5.74, 6) is 0.454. The Kier molecular flexibility index (Phi) is 2.52. The van der Waals surface area contributed by atoms with Crippen molar-refractivity contribution in [1.82, 2.24) is 0 Å². The van der Waals surface area contributed by atoms with Gasteiger partial charge >= 0.3 is 10.2 Å². The Hall–Kier alpha value is -0.120. The molecule has 0 N–H and O–H groups in total. The van der Waals surface area contributed by atoms with Gasteiger partial charge in [0.15, 0.2) is 0 Å². The van der Waals surface area contributed by atoms with E-state index < -0.39 is 15.5 Å². The lowest BCUT2D eigenvalue weighted by Crippen LogP contribution is -2.21. The van der Waals surface area contributed by atoms with Gasteiger partial charge in [0, 0.05) is 0 Å². The first-order valence-electron chi connectivity index (χ1n) is 3.93. The van der Waals surface area contributed by atoms with E-state index in [1.54, 1.807) is 0 Å². The van der Waals surface area contributed by atoms with Gasteiger partial charge in [0.1, 0.15) is 0 Å². The largest absolute Gasteiger partial charge is 0.305 e. The predicted octanol–water partition coefficient (Wildman–Crippen LogP) is 1.86. The lowest BCUT2D eigenvalue weighted by Gasteiger charge is -2.26. The minimum atomic E-state index is -4.27. The van der Waals surface area contributed by atoms with Crippen LogP contribution in [0.2, 0.25) is 0 Å². The molecule has 1 atom stereocenters. The van der Waals surface area contributed by atoms with Crippen molar-refractivity contribution in [3.05, 3.63) is 0 Å². The standard InChI is InChI=1S/C7H13FO2S/c1-6(11(8,9)10)5-7-3-2-4-7/h6-7H,2-5H2,1H3. The fourth-order valence-corrected chi connectivity index (χ4v) is 1.81. The predicted molar refractivity (Wildman–Crippen MR) is 41.4 cm³/mol. The number of halogens is 1. The lowest BCUT2D eigenvalue weighted by molar-refractivity contribution is 0.292. The minimum absolute atomic E-state index is 0.454. The summed E-state index contributed by atoms with van der Waals surface area (Å²) in [5, 5.41) is -0.798. The zero-order valence-corrected chi connectivity index (χ0v) is 7.40. The Bertz CT molecular complexity index is 219. The molecular weight excluding hydrogens is 167 g/mol. The molecular formula is C7H13FO2S. The Balaban J connectivity index is 2.36. The first-order valence-corrected chi connectivity index (χ1v) is 5.38. The van der Waals surface area contributed by atoms with Crippen molar-refractivity contribution in [1.29, 1.82) is 0 Å². The van der Waals surface area contributed by atoms with Gasteiger partial charge in [-0.1, -0.05) is 19.3 Å². The quantitative estimate of drug-likeness (QED) is 0.621. The Morgan fingerprint density at radius 1 is 1.55 bits per heavy atom. The monoisotopic (exact) mass is 180 g/mol. The molecule has 0 radical (unpaired) electrons. The van der Waals surface area contributed by atoms with Crippen LogP contribution in [0.3, 0.4) is 0 Å². The Labute approximate surface area is 67.0 Å². The van der Waals surface area contributed by atoms with Crippen LogP contribution < -0.4 is 0 Å². The van der Waals surface area contributed by atoms with Gasteiger partial charge in [0.2, 0.25) is 0 Å². The Morgan fingerprint density at radius 3 is 2.36 bits per heavy atom. The van der Waals surface area contributed by atoms with Crippen LogP contribution in [-0.2, 0) is 10.2 Å². The molecule has 1 saturated carbocycles. The highest BCUT2D eigenvalue weighted by Crippen LogP contribution is 2.32. The SMILES string of the molecule is CC(CC1CCC1)S(=O)(=O)F. The minimum Gasteiger partial charge on any atom is -0.195 e. The van der Waals surface area contributed by atoms with Crippen LogP contribution >= 0.6 is 0 Å². The molecule has 0 amide bonds. The van der Waals surface area contributed by atoms with Gasteiger partial charge in [-0.3, -0.25) is 0 Å². The molecule has 2 nitrogen and oxygen atoms in total. The molecule has 1 rings (SSSR count). The van der Waals surface area contributed by atoms with Crippen LogP contribution in [0, 0.1) is 5.92 Å². The summed E-state index contributed by atoms with van der Waals surface area (Å²) in [4.78, 5) is 0. The summed E-state index contributed by atoms with van der Waals surface area (Å²) in [6.45, 7) is 1.44.